The number of aromatic nitrogens is 3. The third-order valence-corrected chi connectivity index (χ3v) is 7.04. The van der Waals surface area contributed by atoms with Crippen molar-refractivity contribution in [3.8, 4) is 32.6 Å². The Morgan fingerprint density at radius 1 is 1.26 bits per heavy atom. The number of ether oxygens (including phenoxy) is 1. The Balaban J connectivity index is 1.49. The van der Waals surface area contributed by atoms with Crippen molar-refractivity contribution in [2.45, 2.75) is 25.8 Å². The van der Waals surface area contributed by atoms with Gasteiger partial charge in [0.15, 0.2) is 5.82 Å². The molecule has 0 radical (unpaired) electrons. The predicted molar refractivity (Wildman–Crippen MR) is 135 cm³/mol. The zero-order valence-corrected chi connectivity index (χ0v) is 20.4. The van der Waals surface area contributed by atoms with E-state index in [1.165, 1.54) is 5.56 Å². The van der Waals surface area contributed by atoms with Crippen LogP contribution in [-0.2, 0) is 6.42 Å². The molecule has 0 saturated heterocycles. The number of nitrogens with two attached hydrogens (primary N) is 1. The molecule has 0 fully saturated rings. The summed E-state index contributed by atoms with van der Waals surface area (Å²) in [7, 11) is 0. The fourth-order valence-corrected chi connectivity index (χ4v) is 5.28. The maximum absolute atomic E-state index is 12.6. The normalized spacial score (nSPS) is 12.9. The number of benzene rings is 2. The zero-order valence-electron chi connectivity index (χ0n) is 18.8. The van der Waals surface area contributed by atoms with Crippen molar-refractivity contribution >= 4 is 28.8 Å². The highest BCUT2D eigenvalue weighted by atomic mass is 35.5. The number of halogens is 1. The highest BCUT2D eigenvalue weighted by Crippen LogP contribution is 2.44. The van der Waals surface area contributed by atoms with E-state index in [0.29, 0.717) is 29.5 Å². The average molecular weight is 494 g/mol. The van der Waals surface area contributed by atoms with Crippen LogP contribution in [0.3, 0.4) is 0 Å². The molecule has 0 unspecified atom stereocenters. The minimum Gasteiger partial charge on any atom is -0.493 e. The standard InChI is InChI=1S/C25H24ClN5O2S/c1-25(2,27)13-28-24(32)16-7-8-17-20(11-16)33-10-9-15-12-21(34-22(15)17)23-30-29-14-31(23)19-6-4-3-5-18(19)26/h3-8,11-12,14H,9-10,13,27H2,1-2H3,(H,28,32). The Hall–Kier alpha value is -3.20. The van der Waals surface area contributed by atoms with Gasteiger partial charge >= 0.3 is 0 Å². The molecule has 0 saturated carbocycles. The number of rotatable bonds is 5. The van der Waals surface area contributed by atoms with E-state index in [9.17, 15) is 4.79 Å². The van der Waals surface area contributed by atoms with Crippen molar-refractivity contribution < 1.29 is 9.53 Å². The van der Waals surface area contributed by atoms with Crippen LogP contribution in [0.25, 0.3) is 26.8 Å². The van der Waals surface area contributed by atoms with Crippen molar-refractivity contribution in [3.63, 3.8) is 0 Å². The summed E-state index contributed by atoms with van der Waals surface area (Å²) >= 11 is 8.05. The van der Waals surface area contributed by atoms with Crippen LogP contribution < -0.4 is 15.8 Å². The third-order valence-electron chi connectivity index (χ3n) is 5.51. The molecule has 3 heterocycles. The fraction of sp³-hybridized carbons (Fsp3) is 0.240. The summed E-state index contributed by atoms with van der Waals surface area (Å²) in [6.45, 7) is 4.65. The number of nitrogens with one attached hydrogen (secondary N) is 1. The minimum atomic E-state index is -0.481. The smallest absolute Gasteiger partial charge is 0.251 e. The van der Waals surface area contributed by atoms with Gasteiger partial charge in [0, 0.05) is 34.5 Å². The molecule has 0 atom stereocenters. The lowest BCUT2D eigenvalue weighted by Gasteiger charge is -2.19. The average Bonchev–Trinajstić information content (AvgIpc) is 3.41. The first-order valence-electron chi connectivity index (χ1n) is 10.9. The quantitative estimate of drug-likeness (QED) is 0.419. The molecule has 1 amide bonds. The van der Waals surface area contributed by atoms with Gasteiger partial charge in [0.2, 0.25) is 0 Å². The van der Waals surface area contributed by atoms with Gasteiger partial charge in [-0.3, -0.25) is 9.36 Å². The second-order valence-electron chi connectivity index (χ2n) is 8.92. The number of carbonyl (C=O) groups is 1. The maximum atomic E-state index is 12.6. The van der Waals surface area contributed by atoms with Crippen LogP contribution in [0.1, 0.15) is 29.8 Å². The number of hydrogen-bond donors (Lipinski definition) is 2. The van der Waals surface area contributed by atoms with Gasteiger partial charge in [-0.1, -0.05) is 23.7 Å². The first-order chi connectivity index (χ1) is 16.3. The Labute approximate surface area is 206 Å². The van der Waals surface area contributed by atoms with E-state index < -0.39 is 5.54 Å². The SMILES string of the molecule is CC(C)(N)CNC(=O)c1ccc2c(c1)OCCc1cc(-c3nncn3-c3ccccc3Cl)sc1-2. The molecule has 3 N–H and O–H groups in total. The summed E-state index contributed by atoms with van der Waals surface area (Å²) in [6, 6.07) is 15.3. The van der Waals surface area contributed by atoms with Crippen LogP contribution in [0.2, 0.25) is 5.02 Å². The summed E-state index contributed by atoms with van der Waals surface area (Å²) < 4.78 is 7.92. The topological polar surface area (TPSA) is 95.1 Å². The molecule has 0 bridgehead atoms. The highest BCUT2D eigenvalue weighted by Gasteiger charge is 2.23. The highest BCUT2D eigenvalue weighted by molar-refractivity contribution is 7.19. The van der Waals surface area contributed by atoms with Crippen LogP contribution >= 0.6 is 22.9 Å². The van der Waals surface area contributed by atoms with E-state index in [1.807, 2.05) is 54.8 Å². The predicted octanol–water partition coefficient (Wildman–Crippen LogP) is 4.72. The van der Waals surface area contributed by atoms with Gasteiger partial charge < -0.3 is 15.8 Å². The summed E-state index contributed by atoms with van der Waals surface area (Å²) in [5.74, 6) is 1.25. The van der Waals surface area contributed by atoms with Crippen LogP contribution in [0, 0.1) is 0 Å². The van der Waals surface area contributed by atoms with Crippen molar-refractivity contribution in [2.75, 3.05) is 13.2 Å². The molecule has 1 aliphatic rings. The van der Waals surface area contributed by atoms with Crippen LogP contribution in [-0.4, -0.2) is 39.4 Å². The Morgan fingerprint density at radius 2 is 2.09 bits per heavy atom. The molecule has 7 nitrogen and oxygen atoms in total. The number of fused-ring (bicyclic) bond motifs is 3. The third kappa shape index (κ3) is 4.44. The maximum Gasteiger partial charge on any atom is 0.251 e. The lowest BCUT2D eigenvalue weighted by atomic mass is 10.0. The van der Waals surface area contributed by atoms with Crippen LogP contribution in [0.5, 0.6) is 5.75 Å². The van der Waals surface area contributed by atoms with Gasteiger partial charge in [0.1, 0.15) is 12.1 Å². The van der Waals surface area contributed by atoms with Crippen LogP contribution in [0.15, 0.2) is 54.9 Å². The van der Waals surface area contributed by atoms with E-state index in [-0.39, 0.29) is 5.91 Å². The molecule has 2 aromatic heterocycles. The molecule has 5 rings (SSSR count). The second kappa shape index (κ2) is 8.87. The second-order valence-corrected chi connectivity index (χ2v) is 10.4. The summed E-state index contributed by atoms with van der Waals surface area (Å²) in [5.41, 5.74) is 9.01. The minimum absolute atomic E-state index is 0.172. The van der Waals surface area contributed by atoms with Gasteiger partial charge in [-0.25, -0.2) is 0 Å². The van der Waals surface area contributed by atoms with Gasteiger partial charge in [-0.05, 0) is 55.8 Å². The molecular weight excluding hydrogens is 470 g/mol. The van der Waals surface area contributed by atoms with Crippen LogP contribution in [0.4, 0.5) is 0 Å². The molecule has 34 heavy (non-hydrogen) atoms. The first kappa shape index (κ1) is 22.6. The molecule has 4 aromatic rings. The lowest BCUT2D eigenvalue weighted by Crippen LogP contribution is -2.45. The number of carbonyl (C=O) groups excluding carboxylic acids is 1. The number of para-hydroxylation sites is 1. The number of thiophene rings is 1. The van der Waals surface area contributed by atoms with Gasteiger partial charge in [0.25, 0.3) is 5.91 Å². The van der Waals surface area contributed by atoms with Crippen molar-refractivity contribution in [2.24, 2.45) is 5.73 Å². The Bertz CT molecular complexity index is 1370. The van der Waals surface area contributed by atoms with Crippen molar-refractivity contribution in [1.82, 2.24) is 20.1 Å². The van der Waals surface area contributed by atoms with E-state index in [1.54, 1.807) is 23.7 Å². The van der Waals surface area contributed by atoms with Gasteiger partial charge in [0.05, 0.1) is 22.2 Å². The number of amides is 1. The summed E-state index contributed by atoms with van der Waals surface area (Å²) in [6.07, 6.45) is 2.43. The number of nitrogens with zero attached hydrogens (tertiary/aromatic N) is 3. The van der Waals surface area contributed by atoms with E-state index in [2.05, 4.69) is 21.6 Å². The van der Waals surface area contributed by atoms with E-state index >= 15 is 0 Å². The molecule has 0 spiro atoms. The first-order valence-corrected chi connectivity index (χ1v) is 12.1. The molecular formula is C25H24ClN5O2S. The largest absolute Gasteiger partial charge is 0.493 e. The number of hydrogen-bond acceptors (Lipinski definition) is 6. The zero-order chi connectivity index (χ0) is 23.9. The Morgan fingerprint density at radius 3 is 2.88 bits per heavy atom. The van der Waals surface area contributed by atoms with E-state index in [4.69, 9.17) is 22.1 Å². The fourth-order valence-electron chi connectivity index (χ4n) is 3.83. The molecule has 174 valence electrons. The van der Waals surface area contributed by atoms with Crippen molar-refractivity contribution in [3.05, 3.63) is 71.0 Å². The molecule has 2 aromatic carbocycles. The van der Waals surface area contributed by atoms with E-state index in [0.717, 1.165) is 33.3 Å². The summed E-state index contributed by atoms with van der Waals surface area (Å²) in [4.78, 5) is 14.7. The van der Waals surface area contributed by atoms with Crippen molar-refractivity contribution in [1.29, 1.82) is 0 Å². The molecule has 1 aliphatic heterocycles. The molecule has 9 heteroatoms. The van der Waals surface area contributed by atoms with Gasteiger partial charge in [-0.2, -0.15) is 0 Å². The lowest BCUT2D eigenvalue weighted by molar-refractivity contribution is 0.0945. The summed E-state index contributed by atoms with van der Waals surface area (Å²) in [5, 5.41) is 12.0. The molecule has 0 aliphatic carbocycles. The Kier molecular flexibility index (Phi) is 5.89. The van der Waals surface area contributed by atoms with Gasteiger partial charge in [-0.15, -0.1) is 21.5 Å². The monoisotopic (exact) mass is 493 g/mol.